The number of hydrogen-bond acceptors (Lipinski definition) is 4. The number of anilines is 1. The van der Waals surface area contributed by atoms with Gasteiger partial charge in [0, 0.05) is 5.75 Å². The van der Waals surface area contributed by atoms with E-state index >= 15 is 0 Å². The van der Waals surface area contributed by atoms with Crippen molar-refractivity contribution in [2.24, 2.45) is 0 Å². The van der Waals surface area contributed by atoms with Crippen LogP contribution < -0.4 is 5.73 Å². The molecule has 0 bridgehead atoms. The SMILES string of the molecule is Nc1cc(CSC2COC2)ccc1O. The minimum atomic E-state index is 0.158. The summed E-state index contributed by atoms with van der Waals surface area (Å²) in [6.07, 6.45) is 0. The third-order valence-corrected chi connectivity index (χ3v) is 3.43. The first kappa shape index (κ1) is 9.68. The average molecular weight is 211 g/mol. The molecule has 0 aliphatic carbocycles. The number of phenols is 1. The quantitative estimate of drug-likeness (QED) is 0.589. The molecule has 2 rings (SSSR count). The lowest BCUT2D eigenvalue weighted by molar-refractivity contribution is 0.0455. The summed E-state index contributed by atoms with van der Waals surface area (Å²) in [5.41, 5.74) is 7.19. The fourth-order valence-electron chi connectivity index (χ4n) is 1.22. The highest BCUT2D eigenvalue weighted by molar-refractivity contribution is 7.99. The molecular formula is C10H13NO2S. The molecule has 1 heterocycles. The van der Waals surface area contributed by atoms with Crippen molar-refractivity contribution < 1.29 is 9.84 Å². The molecule has 0 spiro atoms. The van der Waals surface area contributed by atoms with Crippen LogP contribution in [-0.4, -0.2) is 23.6 Å². The van der Waals surface area contributed by atoms with Crippen molar-refractivity contribution in [1.82, 2.24) is 0 Å². The van der Waals surface area contributed by atoms with Gasteiger partial charge in [0.25, 0.3) is 0 Å². The van der Waals surface area contributed by atoms with Crippen molar-refractivity contribution in [2.45, 2.75) is 11.0 Å². The zero-order valence-electron chi connectivity index (χ0n) is 7.77. The van der Waals surface area contributed by atoms with Crippen molar-refractivity contribution in [2.75, 3.05) is 18.9 Å². The van der Waals surface area contributed by atoms with Gasteiger partial charge in [-0.05, 0) is 17.7 Å². The Bertz CT molecular complexity index is 326. The minimum Gasteiger partial charge on any atom is -0.506 e. The van der Waals surface area contributed by atoms with E-state index in [1.165, 1.54) is 0 Å². The first-order valence-corrected chi connectivity index (χ1v) is 5.57. The lowest BCUT2D eigenvalue weighted by Crippen LogP contribution is -2.30. The normalized spacial score (nSPS) is 16.6. The number of ether oxygens (including phenoxy) is 1. The van der Waals surface area contributed by atoms with Gasteiger partial charge in [0.1, 0.15) is 5.75 Å². The number of benzene rings is 1. The van der Waals surface area contributed by atoms with Crippen molar-refractivity contribution >= 4 is 17.4 Å². The molecule has 1 aromatic rings. The number of nitrogen functional groups attached to an aromatic ring is 1. The van der Waals surface area contributed by atoms with Crippen LogP contribution in [0.25, 0.3) is 0 Å². The molecule has 3 nitrogen and oxygen atoms in total. The highest BCUT2D eigenvalue weighted by Crippen LogP contribution is 2.26. The number of nitrogens with two attached hydrogens (primary N) is 1. The van der Waals surface area contributed by atoms with Gasteiger partial charge < -0.3 is 15.6 Å². The van der Waals surface area contributed by atoms with Gasteiger partial charge in [-0.2, -0.15) is 0 Å². The Morgan fingerprint density at radius 3 is 2.86 bits per heavy atom. The van der Waals surface area contributed by atoms with Crippen LogP contribution in [-0.2, 0) is 10.5 Å². The molecule has 1 aromatic carbocycles. The summed E-state index contributed by atoms with van der Waals surface area (Å²) < 4.78 is 5.08. The van der Waals surface area contributed by atoms with Crippen molar-refractivity contribution in [3.05, 3.63) is 23.8 Å². The van der Waals surface area contributed by atoms with Gasteiger partial charge in [-0.15, -0.1) is 11.8 Å². The van der Waals surface area contributed by atoms with Gasteiger partial charge >= 0.3 is 0 Å². The van der Waals surface area contributed by atoms with E-state index in [2.05, 4.69) is 0 Å². The van der Waals surface area contributed by atoms with Gasteiger partial charge in [-0.25, -0.2) is 0 Å². The monoisotopic (exact) mass is 211 g/mol. The number of phenolic OH excluding ortho intramolecular Hbond substituents is 1. The standard InChI is InChI=1S/C10H13NO2S/c11-9-3-7(1-2-10(9)12)6-14-8-4-13-5-8/h1-3,8,12H,4-6,11H2. The molecule has 3 N–H and O–H groups in total. The largest absolute Gasteiger partial charge is 0.506 e. The van der Waals surface area contributed by atoms with Crippen LogP contribution in [0.4, 0.5) is 5.69 Å². The van der Waals surface area contributed by atoms with Gasteiger partial charge in [-0.1, -0.05) is 6.07 Å². The van der Waals surface area contributed by atoms with E-state index in [0.29, 0.717) is 10.9 Å². The molecule has 0 atom stereocenters. The van der Waals surface area contributed by atoms with Crippen LogP contribution in [0.1, 0.15) is 5.56 Å². The molecule has 0 radical (unpaired) electrons. The zero-order valence-corrected chi connectivity index (χ0v) is 8.59. The molecular weight excluding hydrogens is 198 g/mol. The molecule has 1 fully saturated rings. The summed E-state index contributed by atoms with van der Waals surface area (Å²) >= 11 is 1.87. The van der Waals surface area contributed by atoms with Gasteiger partial charge in [0.05, 0.1) is 24.2 Å². The van der Waals surface area contributed by atoms with Crippen LogP contribution in [0.3, 0.4) is 0 Å². The van der Waals surface area contributed by atoms with Crippen LogP contribution in [0.15, 0.2) is 18.2 Å². The topological polar surface area (TPSA) is 55.5 Å². The average Bonchev–Trinajstić information content (AvgIpc) is 2.08. The highest BCUT2D eigenvalue weighted by Gasteiger charge is 2.18. The zero-order chi connectivity index (χ0) is 9.97. The molecule has 0 saturated carbocycles. The first-order valence-electron chi connectivity index (χ1n) is 4.52. The number of rotatable bonds is 3. The van der Waals surface area contributed by atoms with Crippen LogP contribution in [0.2, 0.25) is 0 Å². The Labute approximate surface area is 87.3 Å². The molecule has 1 aliphatic heterocycles. The van der Waals surface area contributed by atoms with Gasteiger partial charge in [-0.3, -0.25) is 0 Å². The van der Waals surface area contributed by atoms with E-state index in [-0.39, 0.29) is 5.75 Å². The minimum absolute atomic E-state index is 0.158. The lowest BCUT2D eigenvalue weighted by Gasteiger charge is -2.25. The smallest absolute Gasteiger partial charge is 0.138 e. The van der Waals surface area contributed by atoms with Gasteiger partial charge in [0.2, 0.25) is 0 Å². The number of thioether (sulfide) groups is 1. The van der Waals surface area contributed by atoms with E-state index in [0.717, 1.165) is 24.5 Å². The summed E-state index contributed by atoms with van der Waals surface area (Å²) in [6.45, 7) is 1.72. The Balaban J connectivity index is 1.91. The highest BCUT2D eigenvalue weighted by atomic mass is 32.2. The Morgan fingerprint density at radius 1 is 1.50 bits per heavy atom. The molecule has 0 unspecified atom stereocenters. The maximum Gasteiger partial charge on any atom is 0.138 e. The molecule has 4 heteroatoms. The fourth-order valence-corrected chi connectivity index (χ4v) is 2.21. The molecule has 0 amide bonds. The maximum atomic E-state index is 9.23. The predicted molar refractivity (Wildman–Crippen MR) is 58.4 cm³/mol. The third kappa shape index (κ3) is 2.13. The van der Waals surface area contributed by atoms with Crippen LogP contribution in [0, 0.1) is 0 Å². The van der Waals surface area contributed by atoms with E-state index < -0.39 is 0 Å². The van der Waals surface area contributed by atoms with E-state index in [1.54, 1.807) is 6.07 Å². The van der Waals surface area contributed by atoms with Crippen LogP contribution >= 0.6 is 11.8 Å². The molecule has 1 saturated heterocycles. The predicted octanol–water partition coefficient (Wildman–Crippen LogP) is 1.61. The molecule has 76 valence electrons. The second-order valence-electron chi connectivity index (χ2n) is 3.36. The summed E-state index contributed by atoms with van der Waals surface area (Å²) in [6, 6.07) is 5.36. The van der Waals surface area contributed by atoms with E-state index in [9.17, 15) is 5.11 Å². The summed E-state index contributed by atoms with van der Waals surface area (Å²) in [5.74, 6) is 1.09. The Kier molecular flexibility index (Phi) is 2.84. The third-order valence-electron chi connectivity index (χ3n) is 2.19. The second kappa shape index (κ2) is 4.11. The first-order chi connectivity index (χ1) is 6.75. The van der Waals surface area contributed by atoms with Gasteiger partial charge in [0.15, 0.2) is 0 Å². The van der Waals surface area contributed by atoms with Crippen molar-refractivity contribution in [1.29, 1.82) is 0 Å². The summed E-state index contributed by atoms with van der Waals surface area (Å²) in [7, 11) is 0. The second-order valence-corrected chi connectivity index (χ2v) is 4.65. The van der Waals surface area contributed by atoms with Crippen molar-refractivity contribution in [3.8, 4) is 5.75 Å². The number of hydrogen-bond donors (Lipinski definition) is 2. The Hall–Kier alpha value is -0.870. The summed E-state index contributed by atoms with van der Waals surface area (Å²) in [4.78, 5) is 0. The van der Waals surface area contributed by atoms with Crippen LogP contribution in [0.5, 0.6) is 5.75 Å². The lowest BCUT2D eigenvalue weighted by atomic mass is 10.2. The molecule has 0 aromatic heterocycles. The van der Waals surface area contributed by atoms with Crippen molar-refractivity contribution in [3.63, 3.8) is 0 Å². The summed E-state index contributed by atoms with van der Waals surface area (Å²) in [5, 5.41) is 9.86. The number of aromatic hydroxyl groups is 1. The molecule has 1 aliphatic rings. The van der Waals surface area contributed by atoms with E-state index in [1.807, 2.05) is 23.9 Å². The van der Waals surface area contributed by atoms with E-state index in [4.69, 9.17) is 10.5 Å². The molecule has 14 heavy (non-hydrogen) atoms. The fraction of sp³-hybridized carbons (Fsp3) is 0.400. The Morgan fingerprint density at radius 2 is 2.29 bits per heavy atom. The maximum absolute atomic E-state index is 9.23.